The highest BCUT2D eigenvalue weighted by Gasteiger charge is 2.18. The fraction of sp³-hybridized carbons (Fsp3) is 0.450. The van der Waals surface area contributed by atoms with Crippen molar-refractivity contribution in [3.63, 3.8) is 0 Å². The summed E-state index contributed by atoms with van der Waals surface area (Å²) < 4.78 is 3.00. The van der Waals surface area contributed by atoms with Crippen LogP contribution in [0.3, 0.4) is 0 Å². The van der Waals surface area contributed by atoms with E-state index in [1.54, 1.807) is 23.9 Å². The number of hydrogen-bond donors (Lipinski definition) is 0. The van der Waals surface area contributed by atoms with Gasteiger partial charge in [-0.2, -0.15) is 0 Å². The fourth-order valence-electron chi connectivity index (χ4n) is 3.55. The van der Waals surface area contributed by atoms with Crippen molar-refractivity contribution in [3.8, 4) is 0 Å². The van der Waals surface area contributed by atoms with Gasteiger partial charge in [-0.15, -0.1) is 0 Å². The molecule has 4 rings (SSSR count). The number of aryl methyl sites for hydroxylation is 2. The smallest absolute Gasteiger partial charge is 0.268 e. The molecule has 7 heteroatoms. The van der Waals surface area contributed by atoms with Crippen LogP contribution in [0.15, 0.2) is 41.5 Å². The molecule has 1 aliphatic heterocycles. The Morgan fingerprint density at radius 3 is 2.56 bits per heavy atom. The van der Waals surface area contributed by atoms with Crippen LogP contribution in [0.5, 0.6) is 0 Å². The zero-order chi connectivity index (χ0) is 18.6. The molecule has 0 bridgehead atoms. The van der Waals surface area contributed by atoms with Gasteiger partial charge in [0.05, 0.1) is 10.1 Å². The normalized spacial score (nSPS) is 15.5. The SMILES string of the molecule is Cc1ccc2sn(CCCCN3CCN(c4ncccn4)CC3)c(=O)c2c1. The molecule has 0 N–H and O–H groups in total. The maximum Gasteiger partial charge on any atom is 0.268 e. The van der Waals surface area contributed by atoms with E-state index >= 15 is 0 Å². The van der Waals surface area contributed by atoms with Crippen LogP contribution < -0.4 is 10.5 Å². The second kappa shape index (κ2) is 8.19. The van der Waals surface area contributed by atoms with E-state index in [4.69, 9.17) is 0 Å². The first-order valence-electron chi connectivity index (χ1n) is 9.55. The molecule has 0 atom stereocenters. The van der Waals surface area contributed by atoms with Crippen molar-refractivity contribution in [1.29, 1.82) is 0 Å². The molecular weight excluding hydrogens is 358 g/mol. The van der Waals surface area contributed by atoms with Gasteiger partial charge in [0, 0.05) is 45.1 Å². The zero-order valence-electron chi connectivity index (χ0n) is 15.7. The lowest BCUT2D eigenvalue weighted by Gasteiger charge is -2.34. The van der Waals surface area contributed by atoms with Crippen molar-refractivity contribution >= 4 is 27.6 Å². The van der Waals surface area contributed by atoms with Gasteiger partial charge >= 0.3 is 0 Å². The Morgan fingerprint density at radius 2 is 1.78 bits per heavy atom. The molecule has 3 aromatic rings. The Balaban J connectivity index is 1.23. The number of piperazine rings is 1. The van der Waals surface area contributed by atoms with Crippen LogP contribution in [0.25, 0.3) is 10.1 Å². The first kappa shape index (κ1) is 18.1. The maximum atomic E-state index is 12.5. The third-order valence-electron chi connectivity index (χ3n) is 5.09. The lowest BCUT2D eigenvalue weighted by atomic mass is 10.2. The minimum Gasteiger partial charge on any atom is -0.338 e. The van der Waals surface area contributed by atoms with Crippen LogP contribution in [0.4, 0.5) is 5.95 Å². The number of aromatic nitrogens is 3. The van der Waals surface area contributed by atoms with E-state index in [0.29, 0.717) is 0 Å². The lowest BCUT2D eigenvalue weighted by molar-refractivity contribution is 0.250. The van der Waals surface area contributed by atoms with Gasteiger partial charge in [-0.1, -0.05) is 23.2 Å². The van der Waals surface area contributed by atoms with Gasteiger partial charge in [-0.25, -0.2) is 9.97 Å². The average Bonchev–Trinajstić information content (AvgIpc) is 3.02. The molecule has 0 unspecified atom stereocenters. The lowest BCUT2D eigenvalue weighted by Crippen LogP contribution is -2.47. The van der Waals surface area contributed by atoms with Gasteiger partial charge < -0.3 is 4.90 Å². The number of benzene rings is 1. The molecule has 0 radical (unpaired) electrons. The van der Waals surface area contributed by atoms with Gasteiger partial charge in [-0.05, 0) is 44.5 Å². The van der Waals surface area contributed by atoms with Crippen LogP contribution in [0.1, 0.15) is 18.4 Å². The average molecular weight is 384 g/mol. The molecule has 0 saturated carbocycles. The van der Waals surface area contributed by atoms with Crippen LogP contribution in [0.2, 0.25) is 0 Å². The van der Waals surface area contributed by atoms with E-state index in [0.717, 1.165) is 73.7 Å². The second-order valence-corrected chi connectivity index (χ2v) is 8.15. The summed E-state index contributed by atoms with van der Waals surface area (Å²) in [6, 6.07) is 7.98. The molecule has 2 aromatic heterocycles. The number of anilines is 1. The molecule has 6 nitrogen and oxygen atoms in total. The van der Waals surface area contributed by atoms with Crippen molar-refractivity contribution < 1.29 is 0 Å². The minimum atomic E-state index is 0.162. The van der Waals surface area contributed by atoms with Gasteiger partial charge in [0.25, 0.3) is 5.56 Å². The van der Waals surface area contributed by atoms with Gasteiger partial charge in [-0.3, -0.25) is 13.7 Å². The van der Waals surface area contributed by atoms with Crippen LogP contribution in [-0.2, 0) is 6.54 Å². The summed E-state index contributed by atoms with van der Waals surface area (Å²) in [7, 11) is 0. The molecule has 0 aliphatic carbocycles. The highest BCUT2D eigenvalue weighted by molar-refractivity contribution is 7.13. The van der Waals surface area contributed by atoms with Gasteiger partial charge in [0.15, 0.2) is 0 Å². The molecular formula is C20H25N5OS. The molecule has 1 fully saturated rings. The van der Waals surface area contributed by atoms with Crippen molar-refractivity contribution in [2.45, 2.75) is 26.3 Å². The Bertz CT molecular complexity index is 944. The molecule has 1 saturated heterocycles. The van der Waals surface area contributed by atoms with Crippen molar-refractivity contribution in [1.82, 2.24) is 18.8 Å². The Hall–Kier alpha value is -2.25. The summed E-state index contributed by atoms with van der Waals surface area (Å²) in [5.41, 5.74) is 1.31. The Morgan fingerprint density at radius 1 is 1.04 bits per heavy atom. The third kappa shape index (κ3) is 4.20. The predicted octanol–water partition coefficient (Wildman–Crippen LogP) is 2.76. The second-order valence-electron chi connectivity index (χ2n) is 7.08. The third-order valence-corrected chi connectivity index (χ3v) is 6.21. The highest BCUT2D eigenvalue weighted by atomic mass is 32.1. The predicted molar refractivity (Wildman–Crippen MR) is 111 cm³/mol. The fourth-order valence-corrected chi connectivity index (χ4v) is 4.56. The molecule has 142 valence electrons. The summed E-state index contributed by atoms with van der Waals surface area (Å²) >= 11 is 1.59. The minimum absolute atomic E-state index is 0.162. The summed E-state index contributed by atoms with van der Waals surface area (Å²) in [6.07, 6.45) is 5.74. The van der Waals surface area contributed by atoms with Crippen LogP contribution in [-0.4, -0.2) is 51.5 Å². The van der Waals surface area contributed by atoms with E-state index in [-0.39, 0.29) is 5.56 Å². The molecule has 0 spiro atoms. The van der Waals surface area contributed by atoms with Crippen molar-refractivity contribution in [2.75, 3.05) is 37.6 Å². The number of unbranched alkanes of at least 4 members (excludes halogenated alkanes) is 1. The summed E-state index contributed by atoms with van der Waals surface area (Å²) in [6.45, 7) is 7.96. The van der Waals surface area contributed by atoms with Gasteiger partial charge in [0.1, 0.15) is 0 Å². The first-order chi connectivity index (χ1) is 13.2. The van der Waals surface area contributed by atoms with Crippen LogP contribution in [0, 0.1) is 6.92 Å². The quantitative estimate of drug-likeness (QED) is 0.613. The van der Waals surface area contributed by atoms with E-state index in [2.05, 4.69) is 31.9 Å². The highest BCUT2D eigenvalue weighted by Crippen LogP contribution is 2.18. The van der Waals surface area contributed by atoms with E-state index < -0.39 is 0 Å². The van der Waals surface area contributed by atoms with E-state index in [1.807, 2.05) is 23.0 Å². The zero-order valence-corrected chi connectivity index (χ0v) is 16.5. The van der Waals surface area contributed by atoms with Crippen molar-refractivity contribution in [3.05, 3.63) is 52.6 Å². The van der Waals surface area contributed by atoms with E-state index in [1.165, 1.54) is 0 Å². The largest absolute Gasteiger partial charge is 0.338 e. The summed E-state index contributed by atoms with van der Waals surface area (Å²) in [4.78, 5) is 25.9. The Kier molecular flexibility index (Phi) is 5.50. The maximum absolute atomic E-state index is 12.5. The first-order valence-corrected chi connectivity index (χ1v) is 10.3. The standard InChI is InChI=1S/C20H25N5OS/c1-16-5-6-18-17(15-16)19(26)25(27-18)10-3-2-9-23-11-13-24(14-12-23)20-21-7-4-8-22-20/h4-8,15H,2-3,9-14H2,1H3. The van der Waals surface area contributed by atoms with E-state index in [9.17, 15) is 4.79 Å². The number of nitrogens with zero attached hydrogens (tertiary/aromatic N) is 5. The molecule has 1 aliphatic rings. The number of hydrogen-bond acceptors (Lipinski definition) is 6. The van der Waals surface area contributed by atoms with Gasteiger partial charge in [0.2, 0.25) is 5.95 Å². The molecule has 27 heavy (non-hydrogen) atoms. The molecule has 0 amide bonds. The number of rotatable bonds is 6. The topological polar surface area (TPSA) is 54.3 Å². The molecule has 3 heterocycles. The summed E-state index contributed by atoms with van der Waals surface area (Å²) in [5, 5.41) is 0.860. The molecule has 1 aromatic carbocycles. The van der Waals surface area contributed by atoms with Crippen molar-refractivity contribution in [2.24, 2.45) is 0 Å². The van der Waals surface area contributed by atoms with Crippen LogP contribution >= 0.6 is 11.5 Å². The summed E-state index contributed by atoms with van der Waals surface area (Å²) in [5.74, 6) is 0.830. The number of fused-ring (bicyclic) bond motifs is 1. The monoisotopic (exact) mass is 383 g/mol. The Labute approximate surface area is 163 Å².